The van der Waals surface area contributed by atoms with Crippen LogP contribution in [0.25, 0.3) is 0 Å². The van der Waals surface area contributed by atoms with Crippen LogP contribution in [0.4, 0.5) is 0 Å². The second kappa shape index (κ2) is 5.28. The number of halogens is 2. The van der Waals surface area contributed by atoms with Gasteiger partial charge in [0.05, 0.1) is 5.02 Å². The average Bonchev–Trinajstić information content (AvgIpc) is 2.62. The average molecular weight is 331 g/mol. The molecule has 1 aliphatic rings. The van der Waals surface area contributed by atoms with Crippen molar-refractivity contribution in [3.63, 3.8) is 0 Å². The van der Waals surface area contributed by atoms with Crippen LogP contribution in [0.5, 0.6) is 0 Å². The Morgan fingerprint density at radius 3 is 2.83 bits per heavy atom. The molecule has 2 N–H and O–H groups in total. The van der Waals surface area contributed by atoms with Crippen molar-refractivity contribution in [3.05, 3.63) is 33.3 Å². The maximum atomic E-state index is 11.8. The fraction of sp³-hybridized carbons (Fsp3) is 0.333. The van der Waals surface area contributed by atoms with Crippen molar-refractivity contribution >= 4 is 39.4 Å². The molecule has 1 heterocycles. The lowest BCUT2D eigenvalue weighted by Crippen LogP contribution is -2.40. The smallest absolute Gasteiger partial charge is 0.256 e. The van der Waals surface area contributed by atoms with E-state index in [0.29, 0.717) is 11.0 Å². The van der Waals surface area contributed by atoms with Crippen molar-refractivity contribution in [2.75, 3.05) is 0 Å². The molecule has 0 aliphatic carbocycles. The van der Waals surface area contributed by atoms with Gasteiger partial charge in [-0.2, -0.15) is 0 Å². The van der Waals surface area contributed by atoms with Crippen molar-refractivity contribution in [2.45, 2.75) is 25.9 Å². The van der Waals surface area contributed by atoms with Gasteiger partial charge in [-0.05, 0) is 47.5 Å². The van der Waals surface area contributed by atoms with Gasteiger partial charge in [0.25, 0.3) is 5.91 Å². The first-order chi connectivity index (χ1) is 8.47. The molecule has 0 spiro atoms. The topological polar surface area (TPSA) is 53.5 Å². The van der Waals surface area contributed by atoms with E-state index in [1.807, 2.05) is 26.0 Å². The molecule has 18 heavy (non-hydrogen) atoms. The third-order valence-corrected chi connectivity index (χ3v) is 3.67. The second-order valence-electron chi connectivity index (χ2n) is 4.34. The molecule has 96 valence electrons. The van der Waals surface area contributed by atoms with E-state index < -0.39 is 6.04 Å². The summed E-state index contributed by atoms with van der Waals surface area (Å²) in [6.07, 6.45) is 0. The molecule has 4 nitrogen and oxygen atoms in total. The van der Waals surface area contributed by atoms with Crippen LogP contribution in [0.1, 0.15) is 25.5 Å². The zero-order valence-corrected chi connectivity index (χ0v) is 12.3. The zero-order valence-electron chi connectivity index (χ0n) is 10.00. The Kier molecular flexibility index (Phi) is 3.92. The van der Waals surface area contributed by atoms with E-state index in [4.69, 9.17) is 11.6 Å². The van der Waals surface area contributed by atoms with E-state index in [0.717, 1.165) is 10.0 Å². The SMILES string of the molecule is CC(C)NC1=NC(c2ccc(Br)c(Cl)c2)C(=O)N1. The molecule has 0 bridgehead atoms. The van der Waals surface area contributed by atoms with Crippen molar-refractivity contribution in [2.24, 2.45) is 4.99 Å². The molecule has 0 aromatic heterocycles. The number of carbonyl (C=O) groups excluding carboxylic acids is 1. The summed E-state index contributed by atoms with van der Waals surface area (Å²) in [5.41, 5.74) is 0.779. The van der Waals surface area contributed by atoms with E-state index in [1.54, 1.807) is 6.07 Å². The summed E-state index contributed by atoms with van der Waals surface area (Å²) in [6.45, 7) is 3.97. The van der Waals surface area contributed by atoms with Crippen LogP contribution >= 0.6 is 27.5 Å². The first-order valence-corrected chi connectivity index (χ1v) is 6.74. The van der Waals surface area contributed by atoms with Crippen LogP contribution < -0.4 is 10.6 Å². The summed E-state index contributed by atoms with van der Waals surface area (Å²) >= 11 is 9.33. The number of nitrogens with zero attached hydrogens (tertiary/aromatic N) is 1. The maximum absolute atomic E-state index is 11.8. The number of hydrogen-bond donors (Lipinski definition) is 2. The van der Waals surface area contributed by atoms with Crippen LogP contribution in [0.15, 0.2) is 27.7 Å². The highest BCUT2D eigenvalue weighted by Crippen LogP contribution is 2.28. The Balaban J connectivity index is 2.24. The van der Waals surface area contributed by atoms with Crippen molar-refractivity contribution in [1.29, 1.82) is 0 Å². The number of aliphatic imine (C=N–C) groups is 1. The summed E-state index contributed by atoms with van der Waals surface area (Å²) < 4.78 is 0.802. The van der Waals surface area contributed by atoms with Crippen LogP contribution in [-0.2, 0) is 4.79 Å². The molecule has 0 radical (unpaired) electrons. The monoisotopic (exact) mass is 329 g/mol. The van der Waals surface area contributed by atoms with E-state index in [9.17, 15) is 4.79 Å². The predicted molar refractivity (Wildman–Crippen MR) is 75.7 cm³/mol. The Morgan fingerprint density at radius 1 is 1.50 bits per heavy atom. The van der Waals surface area contributed by atoms with Crippen molar-refractivity contribution in [3.8, 4) is 0 Å². The van der Waals surface area contributed by atoms with Gasteiger partial charge in [0.15, 0.2) is 12.0 Å². The summed E-state index contributed by atoms with van der Waals surface area (Å²) in [5.74, 6) is 0.371. The van der Waals surface area contributed by atoms with Gasteiger partial charge in [-0.25, -0.2) is 4.99 Å². The lowest BCUT2D eigenvalue weighted by molar-refractivity contribution is -0.120. The van der Waals surface area contributed by atoms with Gasteiger partial charge < -0.3 is 5.32 Å². The Bertz CT molecular complexity index is 516. The second-order valence-corrected chi connectivity index (χ2v) is 5.60. The number of guanidine groups is 1. The fourth-order valence-corrected chi connectivity index (χ4v) is 2.10. The standard InChI is InChI=1S/C12H13BrClN3O/c1-6(2)15-12-16-10(11(18)17-12)7-3-4-8(13)9(14)5-7/h3-6,10H,1-2H3,(H2,15,16,17,18). The molecule has 1 aliphatic heterocycles. The molecule has 1 unspecified atom stereocenters. The van der Waals surface area contributed by atoms with Gasteiger partial charge in [-0.15, -0.1) is 0 Å². The minimum Gasteiger partial charge on any atom is -0.354 e. The van der Waals surface area contributed by atoms with Gasteiger partial charge in [-0.1, -0.05) is 17.7 Å². The van der Waals surface area contributed by atoms with E-state index in [2.05, 4.69) is 31.6 Å². The first-order valence-electron chi connectivity index (χ1n) is 5.57. The highest BCUT2D eigenvalue weighted by atomic mass is 79.9. The third kappa shape index (κ3) is 2.84. The van der Waals surface area contributed by atoms with Crippen LogP contribution in [0.3, 0.4) is 0 Å². The Labute approximate surface area is 119 Å². The Hall–Kier alpha value is -1.07. The maximum Gasteiger partial charge on any atom is 0.256 e. The first kappa shape index (κ1) is 13.4. The Morgan fingerprint density at radius 2 is 2.22 bits per heavy atom. The summed E-state index contributed by atoms with van der Waals surface area (Å²) in [4.78, 5) is 16.2. The van der Waals surface area contributed by atoms with Gasteiger partial charge in [0, 0.05) is 10.5 Å². The molecule has 1 amide bonds. The number of rotatable bonds is 2. The van der Waals surface area contributed by atoms with Gasteiger partial charge in [0.2, 0.25) is 0 Å². The van der Waals surface area contributed by atoms with Crippen LogP contribution in [0.2, 0.25) is 5.02 Å². The quantitative estimate of drug-likeness (QED) is 0.876. The summed E-state index contributed by atoms with van der Waals surface area (Å²) in [5, 5.41) is 6.36. The molecule has 0 fully saturated rings. The van der Waals surface area contributed by atoms with Crippen molar-refractivity contribution < 1.29 is 4.79 Å². The predicted octanol–water partition coefficient (Wildman–Crippen LogP) is 2.63. The van der Waals surface area contributed by atoms with Crippen LogP contribution in [-0.4, -0.2) is 17.9 Å². The molecule has 0 saturated heterocycles. The highest BCUT2D eigenvalue weighted by molar-refractivity contribution is 9.10. The molecule has 1 aromatic rings. The lowest BCUT2D eigenvalue weighted by atomic mass is 10.1. The number of carbonyl (C=O) groups is 1. The molecule has 0 saturated carbocycles. The molecular formula is C12H13BrClN3O. The minimum atomic E-state index is -0.531. The van der Waals surface area contributed by atoms with Gasteiger partial charge >= 0.3 is 0 Å². The largest absolute Gasteiger partial charge is 0.354 e. The fourth-order valence-electron chi connectivity index (χ4n) is 1.66. The summed E-state index contributed by atoms with van der Waals surface area (Å²) in [6, 6.07) is 5.08. The van der Waals surface area contributed by atoms with Crippen molar-refractivity contribution in [1.82, 2.24) is 10.6 Å². The van der Waals surface area contributed by atoms with E-state index in [-0.39, 0.29) is 11.9 Å². The molecule has 1 aromatic carbocycles. The van der Waals surface area contributed by atoms with Gasteiger partial charge in [-0.3, -0.25) is 10.1 Å². The zero-order chi connectivity index (χ0) is 13.3. The molecule has 6 heteroatoms. The molecule has 1 atom stereocenters. The lowest BCUT2D eigenvalue weighted by Gasteiger charge is -2.07. The highest BCUT2D eigenvalue weighted by Gasteiger charge is 2.28. The molecular weight excluding hydrogens is 318 g/mol. The van der Waals surface area contributed by atoms with E-state index in [1.165, 1.54) is 0 Å². The number of benzene rings is 1. The number of amides is 1. The number of nitrogens with one attached hydrogen (secondary N) is 2. The van der Waals surface area contributed by atoms with Crippen LogP contribution in [0, 0.1) is 0 Å². The minimum absolute atomic E-state index is 0.142. The normalized spacial score (nSPS) is 18.8. The summed E-state index contributed by atoms with van der Waals surface area (Å²) in [7, 11) is 0. The third-order valence-electron chi connectivity index (χ3n) is 2.43. The molecule has 2 rings (SSSR count). The van der Waals surface area contributed by atoms with Gasteiger partial charge in [0.1, 0.15) is 0 Å². The van der Waals surface area contributed by atoms with E-state index >= 15 is 0 Å². The number of hydrogen-bond acceptors (Lipinski definition) is 3.